The Morgan fingerprint density at radius 1 is 1.09 bits per heavy atom. The number of carbonyl (C=O) groups is 1. The summed E-state index contributed by atoms with van der Waals surface area (Å²) in [5.74, 6) is -0.445. The second kappa shape index (κ2) is 7.80. The van der Waals surface area contributed by atoms with Gasteiger partial charge in [-0.05, 0) is 25.2 Å². The van der Waals surface area contributed by atoms with Crippen molar-refractivity contribution in [1.82, 2.24) is 14.9 Å². The van der Waals surface area contributed by atoms with Crippen LogP contribution in [0.3, 0.4) is 0 Å². The highest BCUT2D eigenvalue weighted by Gasteiger charge is 2.49. The number of fused-ring (bicyclic) bond motifs is 1. The molecule has 0 unspecified atom stereocenters. The predicted octanol–water partition coefficient (Wildman–Crippen LogP) is 4.08. The lowest BCUT2D eigenvalue weighted by Gasteiger charge is -2.34. The largest absolute Gasteiger partial charge is 0.431 e. The molecule has 0 aromatic carbocycles. The van der Waals surface area contributed by atoms with Crippen molar-refractivity contribution in [2.45, 2.75) is 18.5 Å². The standard InChI is InChI=1S/C19H17F6N5O2/c1-29-4-6-30(7-5-29)13-9-10(18(20,21)22)8-12(27-13)11-2-3-26-16-14(11)15(19(23,24)25)32-17(31)28-16/h2-3,8-9,15H,4-7H2,1H3,(H,26,28,31)/t15-/m1/s1. The number of piperazine rings is 1. The number of nitrogens with one attached hydrogen (secondary N) is 1. The van der Waals surface area contributed by atoms with E-state index in [9.17, 15) is 31.1 Å². The number of aromatic nitrogens is 2. The van der Waals surface area contributed by atoms with Crippen molar-refractivity contribution in [3.63, 3.8) is 0 Å². The van der Waals surface area contributed by atoms with Gasteiger partial charge in [0.05, 0.1) is 16.8 Å². The van der Waals surface area contributed by atoms with Crippen LogP contribution in [-0.4, -0.2) is 60.4 Å². The van der Waals surface area contributed by atoms with Crippen LogP contribution < -0.4 is 10.2 Å². The topological polar surface area (TPSA) is 70.6 Å². The van der Waals surface area contributed by atoms with Gasteiger partial charge >= 0.3 is 18.4 Å². The number of ether oxygens (including phenoxy) is 1. The maximum Gasteiger partial charge on any atom is 0.430 e. The molecule has 1 N–H and O–H groups in total. The Morgan fingerprint density at radius 2 is 1.78 bits per heavy atom. The number of amides is 1. The number of cyclic esters (lactones) is 1. The summed E-state index contributed by atoms with van der Waals surface area (Å²) in [5, 5.41) is 2.06. The van der Waals surface area contributed by atoms with E-state index in [-0.39, 0.29) is 17.1 Å². The van der Waals surface area contributed by atoms with E-state index in [2.05, 4.69) is 20.0 Å². The highest BCUT2D eigenvalue weighted by atomic mass is 19.4. The third-order valence-electron chi connectivity index (χ3n) is 5.24. The molecule has 2 aliphatic rings. The van der Waals surface area contributed by atoms with Gasteiger partial charge in [-0.1, -0.05) is 0 Å². The summed E-state index contributed by atoms with van der Waals surface area (Å²) in [6.07, 6.45) is -12.7. The first-order valence-electron chi connectivity index (χ1n) is 9.50. The number of carbonyl (C=O) groups excluding carboxylic acids is 1. The van der Waals surface area contributed by atoms with E-state index in [1.165, 1.54) is 0 Å². The van der Waals surface area contributed by atoms with E-state index in [1.54, 1.807) is 4.90 Å². The summed E-state index contributed by atoms with van der Waals surface area (Å²) < 4.78 is 86.1. The van der Waals surface area contributed by atoms with Gasteiger partial charge in [0.1, 0.15) is 11.6 Å². The summed E-state index contributed by atoms with van der Waals surface area (Å²) in [7, 11) is 1.87. The zero-order valence-corrected chi connectivity index (χ0v) is 16.6. The maximum absolute atomic E-state index is 13.6. The molecule has 7 nitrogen and oxygen atoms in total. The second-order valence-electron chi connectivity index (χ2n) is 7.46. The lowest BCUT2D eigenvalue weighted by molar-refractivity contribution is -0.206. The highest BCUT2D eigenvalue weighted by molar-refractivity contribution is 5.89. The SMILES string of the molecule is CN1CCN(c2cc(C(F)(F)F)cc(-c3ccnc4c3[C@H](C(F)(F)F)OC(=O)N4)n2)CC1. The molecule has 13 heteroatoms. The van der Waals surface area contributed by atoms with Gasteiger partial charge in [0.25, 0.3) is 0 Å². The minimum Gasteiger partial charge on any atom is -0.431 e. The Kier molecular flexibility index (Phi) is 5.39. The number of likely N-dealkylation sites (N-methyl/N-ethyl adjacent to an activating group) is 1. The third kappa shape index (κ3) is 4.29. The molecule has 172 valence electrons. The van der Waals surface area contributed by atoms with Crippen LogP contribution in [0.1, 0.15) is 17.2 Å². The third-order valence-corrected chi connectivity index (χ3v) is 5.24. The van der Waals surface area contributed by atoms with Gasteiger partial charge in [-0.3, -0.25) is 5.32 Å². The van der Waals surface area contributed by atoms with Gasteiger partial charge in [-0.25, -0.2) is 14.8 Å². The first kappa shape index (κ1) is 22.1. The molecule has 0 aliphatic carbocycles. The van der Waals surface area contributed by atoms with E-state index in [4.69, 9.17) is 0 Å². The fourth-order valence-electron chi connectivity index (χ4n) is 3.60. The van der Waals surface area contributed by atoms with Crippen molar-refractivity contribution < 1.29 is 35.9 Å². The summed E-state index contributed by atoms with van der Waals surface area (Å²) in [5.41, 5.74) is -2.25. The van der Waals surface area contributed by atoms with E-state index >= 15 is 0 Å². The molecule has 0 radical (unpaired) electrons. The fourth-order valence-corrected chi connectivity index (χ4v) is 3.60. The molecule has 2 aromatic heterocycles. The molecule has 4 heterocycles. The van der Waals surface area contributed by atoms with Crippen LogP contribution in [0.2, 0.25) is 0 Å². The van der Waals surface area contributed by atoms with Crippen LogP contribution >= 0.6 is 0 Å². The molecule has 1 saturated heterocycles. The molecular weight excluding hydrogens is 444 g/mol. The lowest BCUT2D eigenvalue weighted by atomic mass is 9.98. The van der Waals surface area contributed by atoms with Crippen LogP contribution in [0, 0.1) is 0 Å². The normalized spacial score (nSPS) is 19.9. The molecule has 32 heavy (non-hydrogen) atoms. The van der Waals surface area contributed by atoms with Crippen LogP contribution in [0.5, 0.6) is 0 Å². The molecule has 2 aliphatic heterocycles. The van der Waals surface area contributed by atoms with Crippen LogP contribution in [0.4, 0.5) is 42.8 Å². The van der Waals surface area contributed by atoms with Crippen molar-refractivity contribution in [3.05, 3.63) is 35.5 Å². The molecule has 2 aromatic rings. The van der Waals surface area contributed by atoms with Gasteiger partial charge in [0.2, 0.25) is 6.10 Å². The number of rotatable bonds is 2. The minimum atomic E-state index is -5.01. The molecule has 1 fully saturated rings. The highest BCUT2D eigenvalue weighted by Crippen LogP contribution is 2.46. The van der Waals surface area contributed by atoms with Crippen LogP contribution in [0.15, 0.2) is 24.4 Å². The van der Waals surface area contributed by atoms with Gasteiger partial charge in [-0.15, -0.1) is 0 Å². The smallest absolute Gasteiger partial charge is 0.430 e. The molecule has 0 bridgehead atoms. The van der Waals surface area contributed by atoms with Crippen molar-refractivity contribution in [2.75, 3.05) is 43.4 Å². The van der Waals surface area contributed by atoms with E-state index in [1.807, 2.05) is 11.9 Å². The maximum atomic E-state index is 13.6. The lowest BCUT2D eigenvalue weighted by Crippen LogP contribution is -2.44. The number of alkyl halides is 6. The van der Waals surface area contributed by atoms with Crippen molar-refractivity contribution in [1.29, 1.82) is 0 Å². The number of hydrogen-bond acceptors (Lipinski definition) is 6. The molecule has 0 saturated carbocycles. The first-order chi connectivity index (χ1) is 14.9. The zero-order chi connectivity index (χ0) is 23.3. The second-order valence-corrected chi connectivity index (χ2v) is 7.46. The Morgan fingerprint density at radius 3 is 2.41 bits per heavy atom. The number of nitrogens with zero attached hydrogens (tertiary/aromatic N) is 4. The Labute approximate surface area is 178 Å². The molecule has 0 spiro atoms. The molecule has 1 amide bonds. The zero-order valence-electron chi connectivity index (χ0n) is 16.6. The summed E-state index contributed by atoms with van der Waals surface area (Å²) in [6, 6.07) is 2.68. The summed E-state index contributed by atoms with van der Waals surface area (Å²) >= 11 is 0. The number of pyridine rings is 2. The molecular formula is C19H17F6N5O2. The van der Waals surface area contributed by atoms with Gasteiger partial charge in [0.15, 0.2) is 0 Å². The summed E-state index contributed by atoms with van der Waals surface area (Å²) in [6.45, 7) is 1.99. The Hall–Kier alpha value is -3.09. The summed E-state index contributed by atoms with van der Waals surface area (Å²) in [4.78, 5) is 23.2. The van der Waals surface area contributed by atoms with Crippen molar-refractivity contribution in [3.8, 4) is 11.3 Å². The average Bonchev–Trinajstić information content (AvgIpc) is 2.71. The quantitative estimate of drug-likeness (QED) is 0.680. The van der Waals surface area contributed by atoms with Gasteiger partial charge < -0.3 is 14.5 Å². The van der Waals surface area contributed by atoms with Crippen molar-refractivity contribution >= 4 is 17.7 Å². The van der Waals surface area contributed by atoms with Gasteiger partial charge in [-0.2, -0.15) is 26.3 Å². The number of hydrogen-bond donors (Lipinski definition) is 1. The predicted molar refractivity (Wildman–Crippen MR) is 101 cm³/mol. The minimum absolute atomic E-state index is 0.00203. The van der Waals surface area contributed by atoms with E-state index in [0.717, 1.165) is 18.3 Å². The Bertz CT molecular complexity index is 1030. The number of anilines is 2. The van der Waals surface area contributed by atoms with E-state index in [0.29, 0.717) is 32.2 Å². The Balaban J connectivity index is 1.88. The monoisotopic (exact) mass is 461 g/mol. The van der Waals surface area contributed by atoms with Crippen molar-refractivity contribution in [2.24, 2.45) is 0 Å². The van der Waals surface area contributed by atoms with Crippen LogP contribution in [0.25, 0.3) is 11.3 Å². The molecule has 1 atom stereocenters. The average molecular weight is 461 g/mol. The van der Waals surface area contributed by atoms with E-state index < -0.39 is 41.5 Å². The first-order valence-corrected chi connectivity index (χ1v) is 9.50. The number of halogens is 6. The van der Waals surface area contributed by atoms with Crippen LogP contribution in [-0.2, 0) is 10.9 Å². The molecule has 4 rings (SSSR count). The fraction of sp³-hybridized carbons (Fsp3) is 0.421. The van der Waals surface area contributed by atoms with Gasteiger partial charge in [0, 0.05) is 37.9 Å².